The van der Waals surface area contributed by atoms with E-state index in [1.54, 1.807) is 4.90 Å². The number of piperazine rings is 1. The Morgan fingerprint density at radius 1 is 1.15 bits per heavy atom. The molecule has 5 rings (SSSR count). The molecule has 3 aliphatic rings. The van der Waals surface area contributed by atoms with Crippen LogP contribution in [0.1, 0.15) is 18.4 Å². The maximum Gasteiger partial charge on any atom is 0.344 e. The van der Waals surface area contributed by atoms with Crippen LogP contribution < -0.4 is 9.62 Å². The first-order chi connectivity index (χ1) is 16.2. The van der Waals surface area contributed by atoms with Crippen molar-refractivity contribution in [1.29, 1.82) is 0 Å². The third-order valence-corrected chi connectivity index (χ3v) is 7.43. The van der Waals surface area contributed by atoms with Crippen LogP contribution in [0.3, 0.4) is 0 Å². The van der Waals surface area contributed by atoms with Crippen LogP contribution in [0, 0.1) is 0 Å². The molecule has 10 nitrogen and oxygen atoms in total. The summed E-state index contributed by atoms with van der Waals surface area (Å²) in [6.07, 6.45) is 5.30. The van der Waals surface area contributed by atoms with Crippen molar-refractivity contribution in [2.24, 2.45) is 0 Å². The number of aromatic nitrogens is 2. The number of amides is 1. The van der Waals surface area contributed by atoms with Crippen LogP contribution in [0.5, 0.6) is 0 Å². The van der Waals surface area contributed by atoms with Crippen molar-refractivity contribution in [1.82, 2.24) is 19.6 Å². The predicted molar refractivity (Wildman–Crippen MR) is 130 cm³/mol. The smallest absolute Gasteiger partial charge is 0.344 e. The molecule has 1 aromatic carbocycles. The Labute approximate surface area is 204 Å². The van der Waals surface area contributed by atoms with E-state index < -0.39 is 10.0 Å². The number of nitrogens with one attached hydrogen (secondary N) is 1. The highest BCUT2D eigenvalue weighted by Gasteiger charge is 2.35. The second-order valence-corrected chi connectivity index (χ2v) is 11.3. The first kappa shape index (κ1) is 23.4. The number of carbonyl (C=O) groups excluding carboxylic acids is 1. The average Bonchev–Trinajstić information content (AvgIpc) is 3.38. The van der Waals surface area contributed by atoms with Gasteiger partial charge in [0.25, 0.3) is 0 Å². The number of sulfonamides is 1. The highest BCUT2D eigenvalue weighted by Crippen LogP contribution is 2.36. The number of ether oxygens (including phenoxy) is 1. The van der Waals surface area contributed by atoms with E-state index in [4.69, 9.17) is 16.3 Å². The van der Waals surface area contributed by atoms with Gasteiger partial charge in [0.1, 0.15) is 0 Å². The molecule has 12 heteroatoms. The number of para-hydroxylation sites is 1. The van der Waals surface area contributed by atoms with Crippen LogP contribution in [-0.2, 0) is 21.3 Å². The summed E-state index contributed by atoms with van der Waals surface area (Å²) in [6.45, 7) is 5.07. The van der Waals surface area contributed by atoms with Crippen molar-refractivity contribution in [3.63, 3.8) is 0 Å². The molecular formula is C22H29ClN6O4S. The van der Waals surface area contributed by atoms with E-state index in [0.717, 1.165) is 62.5 Å². The van der Waals surface area contributed by atoms with E-state index in [1.807, 2.05) is 12.1 Å². The van der Waals surface area contributed by atoms with Gasteiger partial charge < -0.3 is 14.5 Å². The molecule has 1 N–H and O–H groups in total. The van der Waals surface area contributed by atoms with Crippen molar-refractivity contribution in [2.75, 3.05) is 55.1 Å². The number of nitrogens with zero attached hydrogens (tertiary/aromatic N) is 5. The topological polar surface area (TPSA) is 100 Å². The zero-order chi connectivity index (χ0) is 23.9. The van der Waals surface area contributed by atoms with Gasteiger partial charge in [0.2, 0.25) is 10.0 Å². The normalized spacial score (nSPS) is 23.4. The summed E-state index contributed by atoms with van der Waals surface area (Å²) in [5.74, 6) is 0.125. The molecule has 2 bridgehead atoms. The molecule has 3 fully saturated rings. The summed E-state index contributed by atoms with van der Waals surface area (Å²) in [4.78, 5) is 19.2. The summed E-state index contributed by atoms with van der Waals surface area (Å²) < 4.78 is 32.2. The Hall–Kier alpha value is -2.34. The van der Waals surface area contributed by atoms with E-state index in [-0.39, 0.29) is 24.1 Å². The lowest BCUT2D eigenvalue weighted by molar-refractivity contribution is 0.0304. The number of halogens is 1. The summed E-state index contributed by atoms with van der Waals surface area (Å²) in [7, 11) is -3.45. The molecule has 0 spiro atoms. The van der Waals surface area contributed by atoms with Gasteiger partial charge in [0.15, 0.2) is 5.82 Å². The fourth-order valence-electron chi connectivity index (χ4n) is 5.00. The van der Waals surface area contributed by atoms with Crippen molar-refractivity contribution in [3.05, 3.63) is 41.0 Å². The molecule has 2 atom stereocenters. The van der Waals surface area contributed by atoms with Gasteiger partial charge in [-0.25, -0.2) is 13.2 Å². The highest BCUT2D eigenvalue weighted by molar-refractivity contribution is 7.92. The summed E-state index contributed by atoms with van der Waals surface area (Å²) in [5.41, 5.74) is 2.29. The maximum absolute atomic E-state index is 12.8. The van der Waals surface area contributed by atoms with Crippen molar-refractivity contribution >= 4 is 39.2 Å². The lowest BCUT2D eigenvalue weighted by Gasteiger charge is -2.38. The Bertz CT molecular complexity index is 1150. The van der Waals surface area contributed by atoms with Crippen LogP contribution in [0.2, 0.25) is 5.02 Å². The minimum absolute atomic E-state index is 0.125. The number of hydrogen-bond donors (Lipinski definition) is 1. The number of carbonyl (C=O) groups is 1. The minimum Gasteiger partial charge on any atom is -0.371 e. The quantitative estimate of drug-likeness (QED) is 0.659. The molecule has 3 saturated heterocycles. The fourth-order valence-corrected chi connectivity index (χ4v) is 5.80. The van der Waals surface area contributed by atoms with E-state index in [1.165, 1.54) is 22.5 Å². The first-order valence-electron chi connectivity index (χ1n) is 11.5. The molecule has 0 aliphatic carbocycles. The number of hydrogen-bond acceptors (Lipinski definition) is 7. The molecular weight excluding hydrogens is 480 g/mol. The molecule has 4 heterocycles. The SMILES string of the molecule is CS(=O)(=O)Nc1ccn(C(=O)N2CCN(Cc3cccc(Cl)c3N3CC4CCC(C3)O4)CC2)n1. The Kier molecular flexibility index (Phi) is 6.45. The Balaban J connectivity index is 1.21. The number of benzene rings is 1. The summed E-state index contributed by atoms with van der Waals surface area (Å²) in [5, 5.41) is 4.81. The van der Waals surface area contributed by atoms with E-state index in [0.29, 0.717) is 13.1 Å². The van der Waals surface area contributed by atoms with Gasteiger partial charge in [0.05, 0.1) is 29.2 Å². The lowest BCUT2D eigenvalue weighted by atomic mass is 10.1. The average molecular weight is 509 g/mol. The largest absolute Gasteiger partial charge is 0.371 e. The van der Waals surface area contributed by atoms with Crippen LogP contribution >= 0.6 is 11.6 Å². The zero-order valence-corrected chi connectivity index (χ0v) is 20.6. The van der Waals surface area contributed by atoms with Crippen molar-refractivity contribution in [3.8, 4) is 0 Å². The highest BCUT2D eigenvalue weighted by atomic mass is 35.5. The zero-order valence-electron chi connectivity index (χ0n) is 19.1. The molecule has 1 amide bonds. The number of fused-ring (bicyclic) bond motifs is 2. The van der Waals surface area contributed by atoms with E-state index in [2.05, 4.69) is 25.7 Å². The molecule has 184 valence electrons. The number of morpholine rings is 1. The monoisotopic (exact) mass is 508 g/mol. The second-order valence-electron chi connectivity index (χ2n) is 9.18. The summed E-state index contributed by atoms with van der Waals surface area (Å²) in [6, 6.07) is 7.28. The van der Waals surface area contributed by atoms with E-state index >= 15 is 0 Å². The van der Waals surface area contributed by atoms with E-state index in [9.17, 15) is 13.2 Å². The van der Waals surface area contributed by atoms with Gasteiger partial charge in [-0.2, -0.15) is 4.68 Å². The Morgan fingerprint density at radius 2 is 1.85 bits per heavy atom. The standard InChI is InChI=1S/C22H29ClN6O4S/c1-34(31,32)25-20-7-8-29(24-20)22(30)27-11-9-26(10-12-27)13-16-3-2-4-19(23)21(16)28-14-17-5-6-18(15-28)33-17/h2-4,7-8,17-18H,5-6,9-15H2,1H3,(H,24,25). The molecule has 3 aliphatic heterocycles. The summed E-state index contributed by atoms with van der Waals surface area (Å²) >= 11 is 6.66. The third kappa shape index (κ3) is 5.17. The molecule has 34 heavy (non-hydrogen) atoms. The molecule has 0 saturated carbocycles. The van der Waals surface area contributed by atoms with Gasteiger partial charge in [-0.05, 0) is 24.5 Å². The molecule has 2 aromatic rings. The van der Waals surface area contributed by atoms with Crippen molar-refractivity contribution in [2.45, 2.75) is 31.6 Å². The van der Waals surface area contributed by atoms with Crippen LogP contribution in [0.4, 0.5) is 16.3 Å². The third-order valence-electron chi connectivity index (χ3n) is 6.54. The fraction of sp³-hybridized carbons (Fsp3) is 0.545. The lowest BCUT2D eigenvalue weighted by Crippen LogP contribution is -2.49. The van der Waals surface area contributed by atoms with Gasteiger partial charge in [-0.3, -0.25) is 9.62 Å². The molecule has 1 aromatic heterocycles. The first-order valence-corrected chi connectivity index (χ1v) is 13.7. The maximum atomic E-state index is 12.8. The van der Waals surface area contributed by atoms with Crippen LogP contribution in [0.25, 0.3) is 0 Å². The van der Waals surface area contributed by atoms with Gasteiger partial charge >= 0.3 is 6.03 Å². The minimum atomic E-state index is -3.45. The van der Waals surface area contributed by atoms with Crippen molar-refractivity contribution < 1.29 is 17.9 Å². The number of rotatable bonds is 5. The van der Waals surface area contributed by atoms with Crippen LogP contribution in [0.15, 0.2) is 30.5 Å². The Morgan fingerprint density at radius 3 is 2.53 bits per heavy atom. The predicted octanol–water partition coefficient (Wildman–Crippen LogP) is 2.06. The molecule has 0 radical (unpaired) electrons. The van der Waals surface area contributed by atoms with Gasteiger partial charge in [0, 0.05) is 58.1 Å². The number of anilines is 2. The molecule has 2 unspecified atom stereocenters. The van der Waals surface area contributed by atoms with Gasteiger partial charge in [-0.1, -0.05) is 23.7 Å². The second kappa shape index (κ2) is 9.37. The van der Waals surface area contributed by atoms with Crippen LogP contribution in [-0.4, -0.2) is 91.8 Å². The van der Waals surface area contributed by atoms with Gasteiger partial charge in [-0.15, -0.1) is 5.10 Å².